The first kappa shape index (κ1) is 25.4. The van der Waals surface area contributed by atoms with Crippen molar-refractivity contribution in [3.05, 3.63) is 35.9 Å². The predicted molar refractivity (Wildman–Crippen MR) is 132 cm³/mol. The lowest BCUT2D eigenvalue weighted by Crippen LogP contribution is -2.64. The summed E-state index contributed by atoms with van der Waals surface area (Å²) in [5, 5.41) is 7.01. The van der Waals surface area contributed by atoms with Crippen molar-refractivity contribution >= 4 is 6.03 Å². The molecule has 8 nitrogen and oxygen atoms in total. The van der Waals surface area contributed by atoms with Crippen molar-refractivity contribution in [2.24, 2.45) is 11.8 Å². The number of hydrogen-bond donors (Lipinski definition) is 4. The van der Waals surface area contributed by atoms with Gasteiger partial charge in [-0.25, -0.2) is 10.2 Å². The quantitative estimate of drug-likeness (QED) is 0.474. The summed E-state index contributed by atoms with van der Waals surface area (Å²) in [6.45, 7) is 1.72. The Morgan fingerprint density at radius 3 is 2.54 bits per heavy atom. The van der Waals surface area contributed by atoms with Crippen LogP contribution in [0.5, 0.6) is 0 Å². The predicted octanol–water partition coefficient (Wildman–Crippen LogP) is 2.01. The monoisotopic (exact) mass is 522 g/mol. The highest BCUT2D eigenvalue weighted by molar-refractivity contribution is 5.76. The molecule has 4 aliphatic heterocycles. The van der Waals surface area contributed by atoms with Gasteiger partial charge in [0.05, 0.1) is 18.8 Å². The molecule has 1 aliphatic carbocycles. The minimum atomic E-state index is -4.27. The molecular formula is C26H37F3N6O2. The number of fused-ring (bicyclic) bond motifs is 2. The van der Waals surface area contributed by atoms with E-state index < -0.39 is 12.7 Å². The van der Waals surface area contributed by atoms with E-state index in [0.29, 0.717) is 25.0 Å². The van der Waals surface area contributed by atoms with Gasteiger partial charge in [0, 0.05) is 62.8 Å². The molecule has 0 bridgehead atoms. The van der Waals surface area contributed by atoms with Gasteiger partial charge >= 0.3 is 12.2 Å². The van der Waals surface area contributed by atoms with Crippen molar-refractivity contribution in [2.45, 2.75) is 68.1 Å². The molecule has 2 amide bonds. The molecule has 0 radical (unpaired) electrons. The van der Waals surface area contributed by atoms with Crippen LogP contribution in [0.15, 0.2) is 30.3 Å². The van der Waals surface area contributed by atoms with Gasteiger partial charge in [0.2, 0.25) is 0 Å². The van der Waals surface area contributed by atoms with Crippen LogP contribution < -0.4 is 21.5 Å². The number of hydrogen-bond acceptors (Lipinski definition) is 6. The molecule has 1 aromatic rings. The number of rotatable bonds is 5. The number of benzene rings is 1. The average molecular weight is 523 g/mol. The highest BCUT2D eigenvalue weighted by Gasteiger charge is 2.50. The molecule has 6 rings (SSSR count). The van der Waals surface area contributed by atoms with Gasteiger partial charge in [-0.3, -0.25) is 15.6 Å². The Morgan fingerprint density at radius 1 is 1.00 bits per heavy atom. The van der Waals surface area contributed by atoms with Gasteiger partial charge in [-0.2, -0.15) is 13.2 Å². The Hall–Kier alpha value is -1.92. The molecule has 0 aromatic heterocycles. The summed E-state index contributed by atoms with van der Waals surface area (Å²) in [6.07, 6.45) is -0.308. The zero-order valence-electron chi connectivity index (χ0n) is 20.9. The maximum atomic E-state index is 13.3. The van der Waals surface area contributed by atoms with Crippen molar-refractivity contribution in [3.8, 4) is 0 Å². The summed E-state index contributed by atoms with van der Waals surface area (Å²) in [6, 6.07) is 10.0. The number of ether oxygens (including phenoxy) is 1. The molecule has 37 heavy (non-hydrogen) atoms. The molecule has 5 aliphatic rings. The summed E-state index contributed by atoms with van der Waals surface area (Å²) in [7, 11) is 0. The average Bonchev–Trinajstić information content (AvgIpc) is 3.46. The number of amides is 2. The van der Waals surface area contributed by atoms with E-state index in [1.165, 1.54) is 4.90 Å². The zero-order chi connectivity index (χ0) is 25.6. The van der Waals surface area contributed by atoms with Crippen molar-refractivity contribution in [3.63, 3.8) is 0 Å². The highest BCUT2D eigenvalue weighted by atomic mass is 19.4. The number of nitrogens with one attached hydrogen (secondary N) is 4. The topological polar surface area (TPSA) is 80.9 Å². The Kier molecular flexibility index (Phi) is 7.08. The fourth-order valence-electron chi connectivity index (χ4n) is 7.27. The van der Waals surface area contributed by atoms with Gasteiger partial charge < -0.3 is 15.0 Å². The number of carbonyl (C=O) groups excluding carboxylic acids is 1. The van der Waals surface area contributed by atoms with E-state index in [0.717, 1.165) is 44.5 Å². The van der Waals surface area contributed by atoms with Crippen molar-refractivity contribution in [2.75, 3.05) is 39.4 Å². The van der Waals surface area contributed by atoms with E-state index in [9.17, 15) is 18.0 Å². The van der Waals surface area contributed by atoms with E-state index >= 15 is 0 Å². The van der Waals surface area contributed by atoms with Crippen molar-refractivity contribution < 1.29 is 22.7 Å². The van der Waals surface area contributed by atoms with Gasteiger partial charge in [0.1, 0.15) is 0 Å². The molecule has 5 unspecified atom stereocenters. The van der Waals surface area contributed by atoms with Gasteiger partial charge in [0.15, 0.2) is 0 Å². The second-order valence-electron chi connectivity index (χ2n) is 11.4. The number of hydrazine groups is 1. The highest BCUT2D eigenvalue weighted by Crippen LogP contribution is 2.39. The SMILES string of the molecule is O=C1NC2CC3NNC(NC4CCOCC4)C3CC2CN1[C@@H]1CN(CC(F)(F)F)C[C@H]1c1ccccc1. The summed E-state index contributed by atoms with van der Waals surface area (Å²) in [4.78, 5) is 16.6. The number of likely N-dealkylation sites (tertiary alicyclic amines) is 1. The Bertz CT molecular complexity index is 946. The minimum Gasteiger partial charge on any atom is -0.381 e. The van der Waals surface area contributed by atoms with Crippen LogP contribution in [0.1, 0.15) is 37.2 Å². The number of urea groups is 1. The summed E-state index contributed by atoms with van der Waals surface area (Å²) in [5.41, 5.74) is 7.88. The Morgan fingerprint density at radius 2 is 1.78 bits per heavy atom. The van der Waals surface area contributed by atoms with E-state index in [2.05, 4.69) is 21.5 Å². The van der Waals surface area contributed by atoms with Gasteiger partial charge in [-0.1, -0.05) is 30.3 Å². The van der Waals surface area contributed by atoms with Crippen LogP contribution in [0.4, 0.5) is 18.0 Å². The maximum Gasteiger partial charge on any atom is 0.401 e. The number of nitrogens with zero attached hydrogens (tertiary/aromatic N) is 2. The van der Waals surface area contributed by atoms with Crippen LogP contribution in [-0.2, 0) is 4.74 Å². The lowest BCUT2D eigenvalue weighted by Gasteiger charge is -2.48. The summed E-state index contributed by atoms with van der Waals surface area (Å²) < 4.78 is 45.3. The van der Waals surface area contributed by atoms with E-state index in [1.807, 2.05) is 35.2 Å². The van der Waals surface area contributed by atoms with Crippen molar-refractivity contribution in [1.29, 1.82) is 0 Å². The molecular weight excluding hydrogens is 485 g/mol. The van der Waals surface area contributed by atoms with Gasteiger partial charge in [0.25, 0.3) is 0 Å². The third-order valence-electron chi connectivity index (χ3n) is 9.05. The largest absolute Gasteiger partial charge is 0.401 e. The second-order valence-corrected chi connectivity index (χ2v) is 11.4. The van der Waals surface area contributed by atoms with Gasteiger partial charge in [-0.05, 0) is 37.2 Å². The Balaban J connectivity index is 1.17. The van der Waals surface area contributed by atoms with E-state index in [4.69, 9.17) is 4.74 Å². The standard InChI is InChI=1S/C26H37F3N6O2/c27-26(28,29)15-34-13-20(16-4-2-1-3-5-16)23(14-34)35-12-17-10-19-22(11-21(17)31-25(35)36)32-33-24(19)30-18-6-8-37-9-7-18/h1-5,17-24,30,32-33H,6-15H2,(H,31,36)/t17?,19?,20-,21?,22?,23+,24?/m0/s1. The first-order valence-corrected chi connectivity index (χ1v) is 13.6. The molecule has 5 fully saturated rings. The van der Waals surface area contributed by atoms with E-state index in [-0.39, 0.29) is 48.7 Å². The zero-order valence-corrected chi connectivity index (χ0v) is 20.9. The normalized spacial score (nSPS) is 37.3. The number of alkyl halides is 3. The third kappa shape index (κ3) is 5.47. The van der Waals surface area contributed by atoms with Crippen LogP contribution >= 0.6 is 0 Å². The molecule has 4 heterocycles. The minimum absolute atomic E-state index is 0.0731. The number of carbonyl (C=O) groups is 1. The fraction of sp³-hybridized carbons (Fsp3) is 0.731. The first-order valence-electron chi connectivity index (χ1n) is 13.6. The molecule has 0 spiro atoms. The smallest absolute Gasteiger partial charge is 0.381 e. The molecule has 4 saturated heterocycles. The van der Waals surface area contributed by atoms with Crippen LogP contribution in [0.25, 0.3) is 0 Å². The maximum absolute atomic E-state index is 13.3. The van der Waals surface area contributed by atoms with Crippen LogP contribution in [0, 0.1) is 11.8 Å². The van der Waals surface area contributed by atoms with Crippen LogP contribution in [0.2, 0.25) is 0 Å². The summed E-state index contributed by atoms with van der Waals surface area (Å²) in [5.74, 6) is 0.490. The fourth-order valence-corrected chi connectivity index (χ4v) is 7.27. The molecule has 1 aromatic carbocycles. The second kappa shape index (κ2) is 10.3. The van der Waals surface area contributed by atoms with Crippen LogP contribution in [0.3, 0.4) is 0 Å². The first-order chi connectivity index (χ1) is 17.8. The molecule has 7 atom stereocenters. The van der Waals surface area contributed by atoms with Gasteiger partial charge in [-0.15, -0.1) is 0 Å². The molecule has 11 heteroatoms. The molecule has 1 saturated carbocycles. The number of halogens is 3. The molecule has 4 N–H and O–H groups in total. The van der Waals surface area contributed by atoms with E-state index in [1.54, 1.807) is 0 Å². The molecule has 204 valence electrons. The lowest BCUT2D eigenvalue weighted by atomic mass is 9.73. The van der Waals surface area contributed by atoms with Crippen LogP contribution in [-0.4, -0.2) is 91.7 Å². The Labute approximate surface area is 215 Å². The third-order valence-corrected chi connectivity index (χ3v) is 9.05. The lowest BCUT2D eigenvalue weighted by molar-refractivity contribution is -0.143. The summed E-state index contributed by atoms with van der Waals surface area (Å²) >= 11 is 0. The van der Waals surface area contributed by atoms with Crippen molar-refractivity contribution in [1.82, 2.24) is 31.3 Å².